The molecule has 0 aliphatic rings. The van der Waals surface area contributed by atoms with Crippen LogP contribution < -0.4 is 48.8 Å². The lowest BCUT2D eigenvalue weighted by Crippen LogP contribution is -3.00. The van der Waals surface area contributed by atoms with Crippen LogP contribution in [0.1, 0.15) is 54.4 Å². The number of aryl methyl sites for hydroxylation is 2. The highest BCUT2D eigenvalue weighted by molar-refractivity contribution is 5.92. The highest BCUT2D eigenvalue weighted by atomic mass is 79.9. The van der Waals surface area contributed by atoms with Crippen molar-refractivity contribution in [3.8, 4) is 0 Å². The Morgan fingerprint density at radius 2 is 1.29 bits per heavy atom. The Morgan fingerprint density at radius 1 is 0.857 bits per heavy atom. The molecule has 0 radical (unpaired) electrons. The zero-order valence-corrected chi connectivity index (χ0v) is 19.1. The Kier molecular flexibility index (Phi) is 14.2. The van der Waals surface area contributed by atoms with Gasteiger partial charge in [-0.2, -0.15) is 0 Å². The third kappa shape index (κ3) is 9.94. The molecule has 0 aliphatic heterocycles. The number of hydrogen-bond acceptors (Lipinski definition) is 3. The van der Waals surface area contributed by atoms with E-state index in [0.29, 0.717) is 5.56 Å². The van der Waals surface area contributed by atoms with Gasteiger partial charge in [0, 0.05) is 42.7 Å². The first-order chi connectivity index (χ1) is 12.7. The summed E-state index contributed by atoms with van der Waals surface area (Å²) >= 11 is 0. The largest absolute Gasteiger partial charge is 1.00 e. The number of amides is 1. The van der Waals surface area contributed by atoms with E-state index in [1.165, 1.54) is 38.3 Å². The number of hydrogen-bond donors (Lipinski definition) is 2. The molecule has 0 fully saturated rings. The van der Waals surface area contributed by atoms with Crippen molar-refractivity contribution in [2.75, 3.05) is 0 Å². The van der Waals surface area contributed by atoms with Crippen LogP contribution in [0.5, 0.6) is 0 Å². The molecule has 2 aromatic heterocycles. The van der Waals surface area contributed by atoms with E-state index in [0.717, 1.165) is 25.1 Å². The van der Waals surface area contributed by atoms with Crippen molar-refractivity contribution in [1.82, 2.24) is 0 Å². The van der Waals surface area contributed by atoms with E-state index in [2.05, 4.69) is 14.3 Å². The summed E-state index contributed by atoms with van der Waals surface area (Å²) in [6, 6.07) is 7.41. The number of unbranched alkanes of at least 4 members (excludes halogenated alkanes) is 5. The van der Waals surface area contributed by atoms with Gasteiger partial charge in [0.05, 0.1) is 11.8 Å². The van der Waals surface area contributed by atoms with Crippen LogP contribution in [0.4, 0.5) is 0 Å². The number of nitrogens with zero attached hydrogens (tertiary/aromatic N) is 3. The minimum absolute atomic E-state index is 0. The Labute approximate surface area is 187 Å². The molecule has 0 unspecified atom stereocenters. The van der Waals surface area contributed by atoms with Crippen molar-refractivity contribution in [3.05, 3.63) is 60.2 Å². The first kappa shape index (κ1) is 26.2. The molecule has 0 aliphatic carbocycles. The van der Waals surface area contributed by atoms with Crippen LogP contribution in [0, 0.1) is 0 Å². The topological polar surface area (TPSA) is 83.4 Å². The molecule has 0 bridgehead atoms. The normalized spacial score (nSPS) is 10.3. The summed E-state index contributed by atoms with van der Waals surface area (Å²) in [6.45, 7) is 1.98. The Bertz CT molecular complexity index is 707. The third-order valence-electron chi connectivity index (χ3n) is 4.38. The maximum Gasteiger partial charge on any atom is 0.249 e. The molecular weight excluding hydrogens is 488 g/mol. The summed E-state index contributed by atoms with van der Waals surface area (Å²) in [6.07, 6.45) is 16.5. The van der Waals surface area contributed by atoms with E-state index in [-0.39, 0.29) is 39.9 Å². The number of pyridine rings is 2. The van der Waals surface area contributed by atoms with Gasteiger partial charge < -0.3 is 44.9 Å². The minimum Gasteiger partial charge on any atom is -1.00 e. The SMILES string of the molecule is NC(=O)c1cc[n+](CCCCCCCC[n+]2ccc(/C=N/O)cc2)cc1.[Br-].[Br-]. The molecule has 0 saturated carbocycles. The zero-order valence-electron chi connectivity index (χ0n) is 15.9. The maximum absolute atomic E-state index is 11.0. The lowest BCUT2D eigenvalue weighted by molar-refractivity contribution is -0.697. The quantitative estimate of drug-likeness (QED) is 0.106. The van der Waals surface area contributed by atoms with Crippen molar-refractivity contribution < 1.29 is 53.1 Å². The monoisotopic (exact) mass is 514 g/mol. The van der Waals surface area contributed by atoms with E-state index in [1.54, 1.807) is 12.1 Å². The molecule has 8 heteroatoms. The number of carbonyl (C=O) groups is 1. The molecule has 0 aromatic carbocycles. The van der Waals surface area contributed by atoms with Crippen molar-refractivity contribution in [3.63, 3.8) is 0 Å². The van der Waals surface area contributed by atoms with Crippen LogP contribution in [-0.4, -0.2) is 17.3 Å². The van der Waals surface area contributed by atoms with Gasteiger partial charge in [-0.15, -0.1) is 0 Å². The number of carbonyl (C=O) groups excluding carboxylic acids is 1. The van der Waals surface area contributed by atoms with Crippen molar-refractivity contribution in [2.24, 2.45) is 10.9 Å². The van der Waals surface area contributed by atoms with E-state index in [9.17, 15) is 4.79 Å². The molecule has 2 rings (SSSR count). The molecule has 28 heavy (non-hydrogen) atoms. The van der Waals surface area contributed by atoms with Crippen LogP contribution in [-0.2, 0) is 13.1 Å². The Hall–Kier alpha value is -1.80. The van der Waals surface area contributed by atoms with E-state index in [4.69, 9.17) is 10.9 Å². The number of oxime groups is 1. The van der Waals surface area contributed by atoms with Crippen LogP contribution in [0.25, 0.3) is 0 Å². The molecule has 0 spiro atoms. The second kappa shape index (κ2) is 15.2. The molecule has 6 nitrogen and oxygen atoms in total. The molecule has 2 heterocycles. The Balaban J connectivity index is 0.00000364. The fourth-order valence-electron chi connectivity index (χ4n) is 2.84. The lowest BCUT2D eigenvalue weighted by Gasteiger charge is -2.01. The van der Waals surface area contributed by atoms with Gasteiger partial charge in [0.15, 0.2) is 24.8 Å². The van der Waals surface area contributed by atoms with Crippen molar-refractivity contribution >= 4 is 12.1 Å². The molecule has 3 N–H and O–H groups in total. The first-order valence-electron chi connectivity index (χ1n) is 9.14. The van der Waals surface area contributed by atoms with Gasteiger partial charge in [0.2, 0.25) is 5.91 Å². The molecule has 1 amide bonds. The number of rotatable bonds is 11. The average molecular weight is 516 g/mol. The van der Waals surface area contributed by atoms with Crippen molar-refractivity contribution in [2.45, 2.75) is 51.6 Å². The van der Waals surface area contributed by atoms with Crippen LogP contribution in [0.15, 0.2) is 54.2 Å². The van der Waals surface area contributed by atoms with E-state index < -0.39 is 0 Å². The summed E-state index contributed by atoms with van der Waals surface area (Å²) < 4.78 is 4.25. The van der Waals surface area contributed by atoms with Gasteiger partial charge in [-0.3, -0.25) is 4.79 Å². The van der Waals surface area contributed by atoms with Crippen LogP contribution in [0.3, 0.4) is 0 Å². The van der Waals surface area contributed by atoms with Crippen LogP contribution in [0.2, 0.25) is 0 Å². The summed E-state index contributed by atoms with van der Waals surface area (Å²) in [5, 5.41) is 11.5. The predicted octanol–water partition coefficient (Wildman–Crippen LogP) is -3.78. The summed E-state index contributed by atoms with van der Waals surface area (Å²) in [7, 11) is 0. The van der Waals surface area contributed by atoms with Gasteiger partial charge in [0.25, 0.3) is 0 Å². The fraction of sp³-hybridized carbons (Fsp3) is 0.400. The second-order valence-corrected chi connectivity index (χ2v) is 6.42. The van der Waals surface area contributed by atoms with Gasteiger partial charge in [-0.25, -0.2) is 9.13 Å². The number of aromatic nitrogens is 2. The predicted molar refractivity (Wildman–Crippen MR) is 98.9 cm³/mol. The van der Waals surface area contributed by atoms with Crippen molar-refractivity contribution in [1.29, 1.82) is 0 Å². The standard InChI is InChI=1S/C20H26N4O2.2BrH/c21-20(25)19-9-15-24(16-10-19)12-6-4-2-1-3-5-11-23-13-7-18(8-14-23)17-22-26;;/h7-10,13-17H,1-6,11-12H2,(H-,21,25);2*1H. The smallest absolute Gasteiger partial charge is 0.249 e. The number of halogens is 2. The Morgan fingerprint density at radius 3 is 1.71 bits per heavy atom. The lowest BCUT2D eigenvalue weighted by atomic mass is 10.1. The molecule has 0 saturated heterocycles. The maximum atomic E-state index is 11.0. The summed E-state index contributed by atoms with van der Waals surface area (Å²) in [4.78, 5) is 11.0. The summed E-state index contributed by atoms with van der Waals surface area (Å²) in [5.41, 5.74) is 6.68. The van der Waals surface area contributed by atoms with Gasteiger partial charge >= 0.3 is 0 Å². The number of nitrogens with two attached hydrogens (primary N) is 1. The highest BCUT2D eigenvalue weighted by Crippen LogP contribution is 2.05. The second-order valence-electron chi connectivity index (χ2n) is 6.42. The van der Waals surface area contributed by atoms with Gasteiger partial charge in [-0.1, -0.05) is 18.0 Å². The third-order valence-corrected chi connectivity index (χ3v) is 4.38. The van der Waals surface area contributed by atoms with E-state index >= 15 is 0 Å². The molecule has 0 atom stereocenters. The summed E-state index contributed by atoms with van der Waals surface area (Å²) in [5.74, 6) is -0.384. The fourth-order valence-corrected chi connectivity index (χ4v) is 2.84. The molecule has 154 valence electrons. The first-order valence-corrected chi connectivity index (χ1v) is 9.14. The minimum atomic E-state index is -0.384. The van der Waals surface area contributed by atoms with Gasteiger partial charge in [0.1, 0.15) is 13.1 Å². The molecule has 2 aromatic rings. The van der Waals surface area contributed by atoms with Crippen LogP contribution >= 0.6 is 0 Å². The van der Waals surface area contributed by atoms with E-state index in [1.807, 2.05) is 36.9 Å². The average Bonchev–Trinajstić information content (AvgIpc) is 2.66. The highest BCUT2D eigenvalue weighted by Gasteiger charge is 2.04. The zero-order chi connectivity index (χ0) is 18.6. The number of primary amides is 1. The van der Waals surface area contributed by atoms with Gasteiger partial charge in [-0.05, 0) is 12.8 Å². The molecular formula is C20H28Br2N4O2.